The van der Waals surface area contributed by atoms with E-state index < -0.39 is 10.0 Å². The van der Waals surface area contributed by atoms with Crippen LogP contribution in [-0.4, -0.2) is 53.3 Å². The zero-order chi connectivity index (χ0) is 21.0. The molecule has 2 aliphatic heterocycles. The Morgan fingerprint density at radius 1 is 1.10 bits per heavy atom. The van der Waals surface area contributed by atoms with Crippen LogP contribution in [0.1, 0.15) is 18.4 Å². The van der Waals surface area contributed by atoms with Gasteiger partial charge in [-0.15, -0.1) is 0 Å². The van der Waals surface area contributed by atoms with Crippen LogP contribution in [0.2, 0.25) is 0 Å². The Labute approximate surface area is 178 Å². The first-order chi connectivity index (χ1) is 14.5. The van der Waals surface area contributed by atoms with Gasteiger partial charge in [0.2, 0.25) is 10.0 Å². The van der Waals surface area contributed by atoms with Gasteiger partial charge in [0.15, 0.2) is 11.5 Å². The smallest absolute Gasteiger partial charge is 0.240 e. The number of likely N-dealkylation sites (tertiary alicyclic amines) is 1. The maximum atomic E-state index is 12.6. The van der Waals surface area contributed by atoms with E-state index in [0.717, 1.165) is 44.0 Å². The molecule has 0 radical (unpaired) electrons. The molecule has 2 heterocycles. The molecule has 0 aliphatic carbocycles. The summed E-state index contributed by atoms with van der Waals surface area (Å²) in [5.74, 6) is 2.52. The number of fused-ring (bicyclic) bond motifs is 1. The van der Waals surface area contributed by atoms with Crippen LogP contribution in [0.3, 0.4) is 0 Å². The van der Waals surface area contributed by atoms with Gasteiger partial charge in [-0.25, -0.2) is 13.1 Å². The second-order valence-electron chi connectivity index (χ2n) is 7.75. The molecule has 7 nitrogen and oxygen atoms in total. The van der Waals surface area contributed by atoms with Crippen molar-refractivity contribution in [1.82, 2.24) is 9.62 Å². The highest BCUT2D eigenvalue weighted by molar-refractivity contribution is 7.89. The highest BCUT2D eigenvalue weighted by Crippen LogP contribution is 2.31. The van der Waals surface area contributed by atoms with Gasteiger partial charge in [-0.3, -0.25) is 4.90 Å². The molecule has 4 rings (SSSR count). The van der Waals surface area contributed by atoms with Crippen LogP contribution in [0.5, 0.6) is 17.2 Å². The van der Waals surface area contributed by atoms with E-state index >= 15 is 0 Å². The molecule has 2 aromatic carbocycles. The van der Waals surface area contributed by atoms with Gasteiger partial charge < -0.3 is 14.2 Å². The van der Waals surface area contributed by atoms with Crippen LogP contribution in [0, 0.1) is 5.92 Å². The Morgan fingerprint density at radius 2 is 1.87 bits per heavy atom. The van der Waals surface area contributed by atoms with Gasteiger partial charge in [-0.2, -0.15) is 0 Å². The van der Waals surface area contributed by atoms with Gasteiger partial charge >= 0.3 is 0 Å². The highest BCUT2D eigenvalue weighted by atomic mass is 32.2. The molecule has 162 valence electrons. The van der Waals surface area contributed by atoms with E-state index in [2.05, 4.69) is 15.7 Å². The first-order valence-corrected chi connectivity index (χ1v) is 11.8. The molecule has 0 unspecified atom stereocenters. The zero-order valence-corrected chi connectivity index (χ0v) is 18.0. The molecule has 30 heavy (non-hydrogen) atoms. The van der Waals surface area contributed by atoms with Crippen molar-refractivity contribution in [1.29, 1.82) is 0 Å². The van der Waals surface area contributed by atoms with Crippen molar-refractivity contribution in [2.24, 2.45) is 5.92 Å². The van der Waals surface area contributed by atoms with Crippen molar-refractivity contribution >= 4 is 10.0 Å². The van der Waals surface area contributed by atoms with Crippen LogP contribution in [0.4, 0.5) is 0 Å². The zero-order valence-electron chi connectivity index (χ0n) is 17.2. The summed E-state index contributed by atoms with van der Waals surface area (Å²) in [5, 5.41) is 0. The second kappa shape index (κ2) is 9.24. The molecular weight excluding hydrogens is 404 g/mol. The summed E-state index contributed by atoms with van der Waals surface area (Å²) in [4.78, 5) is 2.63. The van der Waals surface area contributed by atoms with Gasteiger partial charge in [0.1, 0.15) is 19.0 Å². The SMILES string of the molecule is COc1ccc(S(=O)(=O)NC[C@H]2CCCN(Cc3ccc4c(c3)OCCO4)C2)cc1. The predicted octanol–water partition coefficient (Wildman–Crippen LogP) is 2.66. The van der Waals surface area contributed by atoms with Crippen LogP contribution in [0.25, 0.3) is 0 Å². The average Bonchev–Trinajstić information content (AvgIpc) is 2.78. The minimum Gasteiger partial charge on any atom is -0.497 e. The number of sulfonamides is 1. The molecule has 0 amide bonds. The largest absolute Gasteiger partial charge is 0.497 e. The average molecular weight is 433 g/mol. The first kappa shape index (κ1) is 21.0. The molecule has 1 saturated heterocycles. The maximum absolute atomic E-state index is 12.6. The minimum atomic E-state index is -3.53. The molecule has 1 atom stereocenters. The first-order valence-electron chi connectivity index (χ1n) is 10.3. The fourth-order valence-corrected chi connectivity index (χ4v) is 5.09. The number of rotatable bonds is 7. The predicted molar refractivity (Wildman–Crippen MR) is 114 cm³/mol. The molecule has 0 aromatic heterocycles. The van der Waals surface area contributed by atoms with Crippen LogP contribution < -0.4 is 18.9 Å². The van der Waals surface area contributed by atoms with Crippen molar-refractivity contribution in [2.45, 2.75) is 24.3 Å². The van der Waals surface area contributed by atoms with Crippen molar-refractivity contribution in [3.63, 3.8) is 0 Å². The summed E-state index contributed by atoms with van der Waals surface area (Å²) in [7, 11) is -1.97. The molecule has 0 saturated carbocycles. The van der Waals surface area contributed by atoms with Crippen LogP contribution >= 0.6 is 0 Å². The van der Waals surface area contributed by atoms with Gasteiger partial charge in [0.25, 0.3) is 0 Å². The summed E-state index contributed by atoms with van der Waals surface area (Å²) >= 11 is 0. The van der Waals surface area contributed by atoms with Crippen molar-refractivity contribution < 1.29 is 22.6 Å². The quantitative estimate of drug-likeness (QED) is 0.725. The Hall–Kier alpha value is -2.29. The van der Waals surface area contributed by atoms with E-state index in [-0.39, 0.29) is 10.8 Å². The summed E-state index contributed by atoms with van der Waals surface area (Å²) in [5.41, 5.74) is 1.18. The molecule has 0 bridgehead atoms. The summed E-state index contributed by atoms with van der Waals surface area (Å²) in [6.07, 6.45) is 2.07. The number of hydrogen-bond donors (Lipinski definition) is 1. The Kier molecular flexibility index (Phi) is 6.46. The fraction of sp³-hybridized carbons (Fsp3) is 0.455. The van der Waals surface area contributed by atoms with E-state index in [1.807, 2.05) is 12.1 Å². The van der Waals surface area contributed by atoms with Crippen molar-refractivity contribution in [2.75, 3.05) is 40.0 Å². The topological polar surface area (TPSA) is 77.1 Å². The summed E-state index contributed by atoms with van der Waals surface area (Å²) < 4.78 is 44.3. The molecule has 0 spiro atoms. The lowest BCUT2D eigenvalue weighted by atomic mass is 9.98. The molecular formula is C22H28N2O5S. The molecule has 1 N–H and O–H groups in total. The van der Waals surface area contributed by atoms with E-state index in [9.17, 15) is 8.42 Å². The summed E-state index contributed by atoms with van der Waals surface area (Å²) in [6.45, 7) is 4.29. The van der Waals surface area contributed by atoms with Crippen molar-refractivity contribution in [3.8, 4) is 17.2 Å². The van der Waals surface area contributed by atoms with Gasteiger partial charge in [-0.1, -0.05) is 6.07 Å². The second-order valence-corrected chi connectivity index (χ2v) is 9.52. The van der Waals surface area contributed by atoms with E-state index in [0.29, 0.717) is 25.5 Å². The monoisotopic (exact) mass is 432 g/mol. The van der Waals surface area contributed by atoms with Crippen molar-refractivity contribution in [3.05, 3.63) is 48.0 Å². The lowest BCUT2D eigenvalue weighted by Gasteiger charge is -2.33. The summed E-state index contributed by atoms with van der Waals surface area (Å²) in [6, 6.07) is 12.5. The molecule has 8 heteroatoms. The maximum Gasteiger partial charge on any atom is 0.240 e. The Bertz CT molecular complexity index is 962. The number of piperidine rings is 1. The lowest BCUT2D eigenvalue weighted by molar-refractivity contribution is 0.164. The minimum absolute atomic E-state index is 0.257. The number of benzene rings is 2. The van der Waals surface area contributed by atoms with Crippen LogP contribution in [-0.2, 0) is 16.6 Å². The number of nitrogens with zero attached hydrogens (tertiary/aromatic N) is 1. The number of hydrogen-bond acceptors (Lipinski definition) is 6. The van der Waals surface area contributed by atoms with E-state index in [4.69, 9.17) is 14.2 Å². The van der Waals surface area contributed by atoms with Crippen LogP contribution in [0.15, 0.2) is 47.4 Å². The lowest BCUT2D eigenvalue weighted by Crippen LogP contribution is -2.40. The number of nitrogens with one attached hydrogen (secondary N) is 1. The third kappa shape index (κ3) is 5.06. The van der Waals surface area contributed by atoms with Gasteiger partial charge in [0.05, 0.1) is 12.0 Å². The number of ether oxygens (including phenoxy) is 3. The molecule has 1 fully saturated rings. The fourth-order valence-electron chi connectivity index (χ4n) is 3.97. The Balaban J connectivity index is 1.32. The van der Waals surface area contributed by atoms with E-state index in [1.165, 1.54) is 5.56 Å². The highest BCUT2D eigenvalue weighted by Gasteiger charge is 2.23. The normalized spacial score (nSPS) is 19.4. The molecule has 2 aliphatic rings. The van der Waals surface area contributed by atoms with Gasteiger partial charge in [0, 0.05) is 19.6 Å². The third-order valence-electron chi connectivity index (χ3n) is 5.55. The third-order valence-corrected chi connectivity index (χ3v) is 6.99. The Morgan fingerprint density at radius 3 is 2.63 bits per heavy atom. The molecule has 2 aromatic rings. The number of methoxy groups -OCH3 is 1. The standard InChI is InChI=1S/C22H28N2O5S/c1-27-19-5-7-20(8-6-19)30(25,26)23-14-18-3-2-10-24(16-18)15-17-4-9-21-22(13-17)29-12-11-28-21/h4-9,13,18,23H,2-3,10-12,14-16H2,1H3/t18-/m1/s1. The van der Waals surface area contributed by atoms with E-state index in [1.54, 1.807) is 31.4 Å². The van der Waals surface area contributed by atoms with Gasteiger partial charge in [-0.05, 0) is 67.3 Å².